The van der Waals surface area contributed by atoms with Crippen molar-refractivity contribution in [3.05, 3.63) is 103 Å². The summed E-state index contributed by atoms with van der Waals surface area (Å²) >= 11 is 0. The molecule has 3 aromatic carbocycles. The van der Waals surface area contributed by atoms with Crippen LogP contribution < -0.4 is 0 Å². The van der Waals surface area contributed by atoms with Gasteiger partial charge in [-0.2, -0.15) is 0 Å². The number of nitrogens with zero attached hydrogens (tertiary/aromatic N) is 3. The molecule has 0 amide bonds. The van der Waals surface area contributed by atoms with E-state index in [4.69, 9.17) is 0 Å². The number of hydrogen-bond donors (Lipinski definition) is 0. The van der Waals surface area contributed by atoms with Crippen LogP contribution in [-0.4, -0.2) is 53.7 Å². The molecule has 0 saturated heterocycles. The van der Waals surface area contributed by atoms with Crippen molar-refractivity contribution in [2.45, 2.75) is 14.7 Å². The predicted molar refractivity (Wildman–Crippen MR) is 123 cm³/mol. The molecule has 0 aliphatic heterocycles. The number of non-ortho nitro benzene ring substituents is 3. The number of hydrogen-bond acceptors (Lipinski definition) is 15. The van der Waals surface area contributed by atoms with Crippen LogP contribution in [0.3, 0.4) is 0 Å². The van der Waals surface area contributed by atoms with Crippen LogP contribution in [0.1, 0.15) is 0 Å². The van der Waals surface area contributed by atoms with Gasteiger partial charge in [0, 0.05) is 36.4 Å². The van der Waals surface area contributed by atoms with Gasteiger partial charge in [0.1, 0.15) is 30.4 Å². The minimum absolute atomic E-state index is 0. The van der Waals surface area contributed by atoms with E-state index in [1.165, 1.54) is 0 Å². The Hall–Kier alpha value is -2.89. The van der Waals surface area contributed by atoms with E-state index in [1.54, 1.807) is 0 Å². The fourth-order valence-electron chi connectivity index (χ4n) is 2.26. The van der Waals surface area contributed by atoms with Gasteiger partial charge in [-0.05, 0) is 18.2 Å². The molecule has 0 unspecified atom stereocenters. The van der Waals surface area contributed by atoms with Gasteiger partial charge in [0.2, 0.25) is 0 Å². The Morgan fingerprint density at radius 3 is 0.800 bits per heavy atom. The van der Waals surface area contributed by atoms with Crippen molar-refractivity contribution >= 4 is 47.4 Å². The van der Waals surface area contributed by atoms with E-state index in [0.29, 0.717) is 0 Å². The molecule has 0 heterocycles. The van der Waals surface area contributed by atoms with Crippen LogP contribution >= 0.6 is 0 Å². The van der Waals surface area contributed by atoms with Crippen LogP contribution in [0.5, 0.6) is 0 Å². The quantitative estimate of drug-likeness (QED) is 0.194. The first kappa shape index (κ1) is 37.1. The van der Waals surface area contributed by atoms with Gasteiger partial charge in [-0.3, -0.25) is 30.3 Å². The van der Waals surface area contributed by atoms with E-state index in [-0.39, 0.29) is 46.9 Å². The third kappa shape index (κ3) is 12.5. The molecular weight excluding hydrogens is 767 g/mol. The molecule has 0 spiro atoms. The van der Waals surface area contributed by atoms with Crippen LogP contribution in [0, 0.1) is 77.3 Å². The van der Waals surface area contributed by atoms with Gasteiger partial charge >= 0.3 is 46.9 Å². The van der Waals surface area contributed by atoms with Crippen molar-refractivity contribution in [2.75, 3.05) is 0 Å². The summed E-state index contributed by atoms with van der Waals surface area (Å²) in [7, 11) is -13.8. The maximum absolute atomic E-state index is 10.4. The maximum Gasteiger partial charge on any atom is 3.00 e. The van der Waals surface area contributed by atoms with E-state index < -0.39 is 76.9 Å². The third-order valence-electron chi connectivity index (χ3n) is 3.95. The molecule has 3 rings (SSSR count). The van der Waals surface area contributed by atoms with Crippen molar-refractivity contribution in [1.29, 1.82) is 0 Å². The molecule has 0 atom stereocenters. The van der Waals surface area contributed by atoms with E-state index in [0.717, 1.165) is 72.8 Å². The van der Waals surface area contributed by atoms with Gasteiger partial charge in [-0.15, -0.1) is 0 Å². The largest absolute Gasteiger partial charge is 3.00 e. The molecule has 0 aliphatic rings. The zero-order valence-corrected chi connectivity index (χ0v) is 23.0. The molecule has 0 bridgehead atoms. The minimum Gasteiger partial charge on any atom is -0.744 e. The summed E-state index contributed by atoms with van der Waals surface area (Å²) in [6, 6.07) is 11.9. The van der Waals surface area contributed by atoms with E-state index in [2.05, 4.69) is 0 Å². The normalized spacial score (nSPS) is 10.9. The van der Waals surface area contributed by atoms with Gasteiger partial charge in [0.05, 0.1) is 29.5 Å². The molecule has 0 fully saturated rings. The molecular formula is C18H12N3O15S3Yb. The van der Waals surface area contributed by atoms with Crippen LogP contribution in [0.25, 0.3) is 0 Å². The molecule has 0 saturated carbocycles. The smallest absolute Gasteiger partial charge is 0.744 e. The maximum atomic E-state index is 10.4. The number of benzene rings is 3. The molecule has 18 nitrogen and oxygen atoms in total. The second-order valence-corrected chi connectivity index (χ2v) is 10.8. The topological polar surface area (TPSA) is 301 Å². The predicted octanol–water partition coefficient (Wildman–Crippen LogP) is 1.50. The summed E-state index contributed by atoms with van der Waals surface area (Å²) in [5.41, 5.74) is -1.26. The first-order chi connectivity index (χ1) is 17.7. The average molecular weight is 780 g/mol. The Kier molecular flexibility index (Phi) is 14.1. The fourth-order valence-corrected chi connectivity index (χ4v) is 3.79. The summed E-state index contributed by atoms with van der Waals surface area (Å²) in [6.07, 6.45) is 0. The van der Waals surface area contributed by atoms with E-state index >= 15 is 0 Å². The number of nitro groups is 3. The Morgan fingerprint density at radius 2 is 0.650 bits per heavy atom. The second kappa shape index (κ2) is 15.2. The van der Waals surface area contributed by atoms with Crippen molar-refractivity contribution in [2.24, 2.45) is 0 Å². The first-order valence-electron chi connectivity index (χ1n) is 9.34. The van der Waals surface area contributed by atoms with Crippen molar-refractivity contribution in [3.63, 3.8) is 0 Å². The van der Waals surface area contributed by atoms with Gasteiger partial charge < -0.3 is 13.7 Å². The molecule has 1 radical (unpaired) electrons. The Morgan fingerprint density at radius 1 is 0.450 bits per heavy atom. The van der Waals surface area contributed by atoms with Crippen LogP contribution in [0.15, 0.2) is 87.5 Å². The van der Waals surface area contributed by atoms with Gasteiger partial charge in [-0.25, -0.2) is 25.3 Å². The molecule has 0 N–H and O–H groups in total. The Balaban J connectivity index is 0.000000563. The number of nitro benzene ring substituents is 3. The van der Waals surface area contributed by atoms with Gasteiger partial charge in [0.15, 0.2) is 0 Å². The Bertz CT molecular complexity index is 1520. The summed E-state index contributed by atoms with van der Waals surface area (Å²) < 4.78 is 93.9. The first-order valence-corrected chi connectivity index (χ1v) is 13.6. The zero-order valence-electron chi connectivity index (χ0n) is 18.9. The van der Waals surface area contributed by atoms with E-state index in [1.807, 2.05) is 0 Å². The standard InChI is InChI=1S/3C6H5NO5S.Yb/c3*8-7(9)5-2-1-3-6(4-5)13(10,11)12;/h3*1-4H,(H,10,11,12);/q;;;+3/p-3. The molecule has 3 aromatic rings. The van der Waals surface area contributed by atoms with Gasteiger partial charge in [0.25, 0.3) is 17.1 Å². The second-order valence-electron chi connectivity index (χ2n) is 6.63. The summed E-state index contributed by atoms with van der Waals surface area (Å²) in [5, 5.41) is 30.6. The van der Waals surface area contributed by atoms with Crippen LogP contribution in [-0.2, 0) is 30.4 Å². The van der Waals surface area contributed by atoms with Crippen molar-refractivity contribution in [1.82, 2.24) is 0 Å². The fraction of sp³-hybridized carbons (Fsp3) is 0. The zero-order chi connectivity index (χ0) is 30.2. The molecule has 22 heteroatoms. The molecule has 40 heavy (non-hydrogen) atoms. The third-order valence-corrected chi connectivity index (χ3v) is 6.45. The minimum atomic E-state index is -4.61. The summed E-state index contributed by atoms with van der Waals surface area (Å²) in [6.45, 7) is 0. The summed E-state index contributed by atoms with van der Waals surface area (Å²) in [5.74, 6) is 0. The average Bonchev–Trinajstić information content (AvgIpc) is 2.83. The molecule has 0 aromatic heterocycles. The SMILES string of the molecule is O=[N+]([O-])c1cccc(S(=O)(=O)[O-])c1.O=[N+]([O-])c1cccc(S(=O)(=O)[O-])c1.O=[N+]([O-])c1cccc(S(=O)(=O)[O-])c1.[Yb+3]. The van der Waals surface area contributed by atoms with Crippen molar-refractivity contribution in [3.8, 4) is 0 Å². The summed E-state index contributed by atoms with van der Waals surface area (Å²) in [4.78, 5) is 26.5. The van der Waals surface area contributed by atoms with Crippen LogP contribution in [0.2, 0.25) is 0 Å². The van der Waals surface area contributed by atoms with Gasteiger partial charge in [-0.1, -0.05) is 18.2 Å². The monoisotopic (exact) mass is 780 g/mol. The van der Waals surface area contributed by atoms with Crippen LogP contribution in [0.4, 0.5) is 17.1 Å². The number of rotatable bonds is 6. The van der Waals surface area contributed by atoms with Crippen molar-refractivity contribution < 1.29 is 101 Å². The van der Waals surface area contributed by atoms with E-state index in [9.17, 15) is 69.3 Å². The Labute approximate surface area is 263 Å². The molecule has 0 aliphatic carbocycles. The molecule has 221 valence electrons.